The van der Waals surface area contributed by atoms with Crippen LogP contribution in [0.5, 0.6) is 6.01 Å². The summed E-state index contributed by atoms with van der Waals surface area (Å²) in [5, 5.41) is 8.50. The average molecular weight is 274 g/mol. The van der Waals surface area contributed by atoms with Gasteiger partial charge in [-0.25, -0.2) is 0 Å². The predicted molar refractivity (Wildman–Crippen MR) is 66.7 cm³/mol. The van der Waals surface area contributed by atoms with Gasteiger partial charge in [0, 0.05) is 19.8 Å². The fourth-order valence-corrected chi connectivity index (χ4v) is 1.72. The Morgan fingerprint density at radius 1 is 1.47 bits per heavy atom. The first-order chi connectivity index (χ1) is 8.06. The van der Waals surface area contributed by atoms with Crippen molar-refractivity contribution >= 4 is 29.3 Å². The van der Waals surface area contributed by atoms with Gasteiger partial charge in [-0.1, -0.05) is 11.8 Å². The SMILES string of the molecule is COc1nc(SCC(Cl)C#N)nc(N(C)C)n1. The van der Waals surface area contributed by atoms with E-state index in [2.05, 4.69) is 15.0 Å². The maximum atomic E-state index is 8.58. The molecule has 1 aromatic heterocycles. The highest BCUT2D eigenvalue weighted by Crippen LogP contribution is 2.20. The van der Waals surface area contributed by atoms with Crippen molar-refractivity contribution in [3.63, 3.8) is 0 Å². The van der Waals surface area contributed by atoms with E-state index in [4.69, 9.17) is 21.6 Å². The van der Waals surface area contributed by atoms with Gasteiger partial charge in [-0.2, -0.15) is 20.2 Å². The predicted octanol–water partition coefficient (Wildman–Crippen LogP) is 1.17. The van der Waals surface area contributed by atoms with Crippen molar-refractivity contribution in [1.29, 1.82) is 5.26 Å². The molecule has 0 fully saturated rings. The summed E-state index contributed by atoms with van der Waals surface area (Å²) in [5.41, 5.74) is 0. The van der Waals surface area contributed by atoms with Gasteiger partial charge in [-0.05, 0) is 0 Å². The molecule has 92 valence electrons. The molecule has 0 radical (unpaired) electrons. The van der Waals surface area contributed by atoms with Gasteiger partial charge in [-0.3, -0.25) is 0 Å². The number of nitriles is 1. The van der Waals surface area contributed by atoms with Crippen LogP contribution in [-0.2, 0) is 0 Å². The first kappa shape index (κ1) is 13.8. The van der Waals surface area contributed by atoms with Crippen LogP contribution in [0.15, 0.2) is 5.16 Å². The molecule has 8 heteroatoms. The van der Waals surface area contributed by atoms with E-state index in [1.807, 2.05) is 20.2 Å². The summed E-state index contributed by atoms with van der Waals surface area (Å²) in [6.07, 6.45) is 0. The van der Waals surface area contributed by atoms with Crippen LogP contribution in [0.25, 0.3) is 0 Å². The van der Waals surface area contributed by atoms with Crippen LogP contribution in [-0.4, -0.2) is 47.3 Å². The van der Waals surface area contributed by atoms with Gasteiger partial charge >= 0.3 is 6.01 Å². The Kier molecular flexibility index (Phi) is 5.25. The van der Waals surface area contributed by atoms with Crippen molar-refractivity contribution in [2.24, 2.45) is 0 Å². The highest BCUT2D eigenvalue weighted by atomic mass is 35.5. The molecular weight excluding hydrogens is 262 g/mol. The lowest BCUT2D eigenvalue weighted by atomic mass is 10.5. The molecular formula is C9H12ClN5OS. The van der Waals surface area contributed by atoms with Crippen molar-refractivity contribution < 1.29 is 4.74 Å². The number of rotatable bonds is 5. The van der Waals surface area contributed by atoms with E-state index in [9.17, 15) is 0 Å². The number of aromatic nitrogens is 3. The van der Waals surface area contributed by atoms with Crippen LogP contribution in [0.1, 0.15) is 0 Å². The minimum absolute atomic E-state index is 0.245. The van der Waals surface area contributed by atoms with Gasteiger partial charge in [0.1, 0.15) is 5.38 Å². The number of halogens is 1. The molecule has 1 unspecified atom stereocenters. The molecule has 1 rings (SSSR count). The van der Waals surface area contributed by atoms with Crippen molar-refractivity contribution in [3.8, 4) is 12.1 Å². The summed E-state index contributed by atoms with van der Waals surface area (Å²) in [5.74, 6) is 0.917. The molecule has 0 bridgehead atoms. The first-order valence-electron chi connectivity index (χ1n) is 4.70. The van der Waals surface area contributed by atoms with E-state index in [-0.39, 0.29) is 6.01 Å². The van der Waals surface area contributed by atoms with Crippen LogP contribution < -0.4 is 9.64 Å². The van der Waals surface area contributed by atoms with E-state index in [0.29, 0.717) is 16.9 Å². The largest absolute Gasteiger partial charge is 0.467 e. The van der Waals surface area contributed by atoms with Crippen LogP contribution >= 0.6 is 23.4 Å². The van der Waals surface area contributed by atoms with Crippen LogP contribution in [0.3, 0.4) is 0 Å². The maximum absolute atomic E-state index is 8.58. The number of thioether (sulfide) groups is 1. The number of nitrogens with zero attached hydrogens (tertiary/aromatic N) is 5. The quantitative estimate of drug-likeness (QED) is 0.589. The zero-order valence-electron chi connectivity index (χ0n) is 9.71. The zero-order valence-corrected chi connectivity index (χ0v) is 11.3. The fraction of sp³-hybridized carbons (Fsp3) is 0.556. The monoisotopic (exact) mass is 273 g/mol. The molecule has 1 heterocycles. The minimum Gasteiger partial charge on any atom is -0.467 e. The molecule has 0 saturated heterocycles. The molecule has 6 nitrogen and oxygen atoms in total. The number of hydrogen-bond acceptors (Lipinski definition) is 7. The Balaban J connectivity index is 2.84. The van der Waals surface area contributed by atoms with Crippen molar-refractivity contribution in [2.75, 3.05) is 31.9 Å². The summed E-state index contributed by atoms with van der Waals surface area (Å²) >= 11 is 6.99. The second-order valence-electron chi connectivity index (χ2n) is 3.21. The third-order valence-electron chi connectivity index (χ3n) is 1.66. The smallest absolute Gasteiger partial charge is 0.321 e. The Hall–Kier alpha value is -1.26. The van der Waals surface area contributed by atoms with Crippen molar-refractivity contribution in [2.45, 2.75) is 10.5 Å². The Morgan fingerprint density at radius 3 is 2.71 bits per heavy atom. The van der Waals surface area contributed by atoms with Gasteiger partial charge in [0.2, 0.25) is 5.95 Å². The molecule has 1 aromatic rings. The summed E-state index contributed by atoms with van der Waals surface area (Å²) < 4.78 is 4.98. The number of alkyl halides is 1. The standard InChI is InChI=1S/C9H12ClN5OS/c1-15(2)7-12-8(16-3)14-9(13-7)17-5-6(10)4-11/h6H,5H2,1-3H3. The Labute approximate surface area is 109 Å². The van der Waals surface area contributed by atoms with Gasteiger partial charge in [0.15, 0.2) is 5.16 Å². The lowest BCUT2D eigenvalue weighted by Gasteiger charge is -2.11. The van der Waals surface area contributed by atoms with Crippen molar-refractivity contribution in [3.05, 3.63) is 0 Å². The number of methoxy groups -OCH3 is 1. The molecule has 0 aromatic carbocycles. The van der Waals surface area contributed by atoms with Crippen LogP contribution in [0.2, 0.25) is 0 Å². The summed E-state index contributed by atoms with van der Waals surface area (Å²) in [6, 6.07) is 2.18. The second-order valence-corrected chi connectivity index (χ2v) is 4.72. The lowest BCUT2D eigenvalue weighted by Crippen LogP contribution is -2.14. The van der Waals surface area contributed by atoms with Crippen molar-refractivity contribution in [1.82, 2.24) is 15.0 Å². The van der Waals surface area contributed by atoms with E-state index < -0.39 is 5.38 Å². The number of anilines is 1. The minimum atomic E-state index is -0.564. The van der Waals surface area contributed by atoms with E-state index in [0.717, 1.165) is 0 Å². The van der Waals surface area contributed by atoms with Gasteiger partial charge < -0.3 is 9.64 Å². The van der Waals surface area contributed by atoms with Gasteiger partial charge in [-0.15, -0.1) is 11.6 Å². The molecule has 0 aliphatic carbocycles. The topological polar surface area (TPSA) is 74.9 Å². The maximum Gasteiger partial charge on any atom is 0.321 e. The van der Waals surface area contributed by atoms with E-state index in [1.165, 1.54) is 18.9 Å². The van der Waals surface area contributed by atoms with Gasteiger partial charge in [0.05, 0.1) is 13.2 Å². The molecule has 0 aliphatic rings. The first-order valence-corrected chi connectivity index (χ1v) is 6.13. The third kappa shape index (κ3) is 4.24. The van der Waals surface area contributed by atoms with Crippen LogP contribution in [0.4, 0.5) is 5.95 Å². The zero-order chi connectivity index (χ0) is 12.8. The van der Waals surface area contributed by atoms with E-state index in [1.54, 1.807) is 4.90 Å². The summed E-state index contributed by atoms with van der Waals surface area (Å²) in [7, 11) is 5.13. The number of hydrogen-bond donors (Lipinski definition) is 0. The average Bonchev–Trinajstić information content (AvgIpc) is 2.35. The molecule has 0 saturated carbocycles. The highest BCUT2D eigenvalue weighted by molar-refractivity contribution is 7.99. The molecule has 17 heavy (non-hydrogen) atoms. The van der Waals surface area contributed by atoms with Gasteiger partial charge in [0.25, 0.3) is 0 Å². The number of ether oxygens (including phenoxy) is 1. The molecule has 0 amide bonds. The third-order valence-corrected chi connectivity index (χ3v) is 3.04. The second kappa shape index (κ2) is 6.47. The molecule has 0 spiro atoms. The van der Waals surface area contributed by atoms with E-state index >= 15 is 0 Å². The van der Waals surface area contributed by atoms with Crippen LogP contribution in [0, 0.1) is 11.3 Å². The summed E-state index contributed by atoms with van der Waals surface area (Å²) in [6.45, 7) is 0. The Morgan fingerprint density at radius 2 is 2.18 bits per heavy atom. The lowest BCUT2D eigenvalue weighted by molar-refractivity contribution is 0.373. The normalized spacial score (nSPS) is 11.7. The molecule has 0 aliphatic heterocycles. The fourth-order valence-electron chi connectivity index (χ4n) is 0.869. The molecule has 0 N–H and O–H groups in total. The Bertz CT molecular complexity index is 422. The highest BCUT2D eigenvalue weighted by Gasteiger charge is 2.11. The summed E-state index contributed by atoms with van der Waals surface area (Å²) in [4.78, 5) is 14.1. The molecule has 1 atom stereocenters.